The van der Waals surface area contributed by atoms with Gasteiger partial charge in [0.25, 0.3) is 0 Å². The lowest BCUT2D eigenvalue weighted by molar-refractivity contribution is 0.789. The maximum Gasteiger partial charge on any atom is 0.0636 e. The molecule has 0 amide bonds. The van der Waals surface area contributed by atoms with Crippen LogP contribution in [0, 0.1) is 6.92 Å². The van der Waals surface area contributed by atoms with Crippen LogP contribution in [0.5, 0.6) is 0 Å². The van der Waals surface area contributed by atoms with Gasteiger partial charge < -0.3 is 11.1 Å². The minimum absolute atomic E-state index is 0.0907. The van der Waals surface area contributed by atoms with Gasteiger partial charge in [-0.05, 0) is 48.4 Å². The lowest BCUT2D eigenvalue weighted by Crippen LogP contribution is -2.20. The van der Waals surface area contributed by atoms with Gasteiger partial charge in [-0.1, -0.05) is 39.7 Å². The first-order valence-corrected chi connectivity index (χ1v) is 7.25. The minimum atomic E-state index is 0.0907. The van der Waals surface area contributed by atoms with Crippen molar-refractivity contribution < 1.29 is 0 Å². The average molecular weight is 340 g/mol. The molecule has 0 fully saturated rings. The van der Waals surface area contributed by atoms with Gasteiger partial charge in [-0.2, -0.15) is 0 Å². The van der Waals surface area contributed by atoms with Crippen molar-refractivity contribution in [1.29, 1.82) is 0 Å². The summed E-state index contributed by atoms with van der Waals surface area (Å²) in [4.78, 5) is 0. The molecule has 0 aliphatic rings. The predicted molar refractivity (Wildman–Crippen MR) is 85.7 cm³/mol. The highest BCUT2D eigenvalue weighted by molar-refractivity contribution is 9.10. The quantitative estimate of drug-likeness (QED) is 0.859. The lowest BCUT2D eigenvalue weighted by atomic mass is 10.0. The number of halogens is 2. The second-order valence-corrected chi connectivity index (χ2v) is 5.74. The summed E-state index contributed by atoms with van der Waals surface area (Å²) in [5.41, 5.74) is 9.27. The molecule has 2 rings (SSSR count). The highest BCUT2D eigenvalue weighted by Crippen LogP contribution is 2.24. The van der Waals surface area contributed by atoms with Gasteiger partial charge in [0.05, 0.1) is 6.04 Å². The molecule has 2 aromatic rings. The van der Waals surface area contributed by atoms with Crippen LogP contribution in [0.1, 0.15) is 17.2 Å². The van der Waals surface area contributed by atoms with Crippen LogP contribution in [-0.4, -0.2) is 6.54 Å². The van der Waals surface area contributed by atoms with E-state index in [-0.39, 0.29) is 6.04 Å². The fraction of sp³-hybridized carbons (Fsp3) is 0.200. The van der Waals surface area contributed by atoms with E-state index in [4.69, 9.17) is 17.3 Å². The lowest BCUT2D eigenvalue weighted by Gasteiger charge is -2.19. The summed E-state index contributed by atoms with van der Waals surface area (Å²) in [6.45, 7) is 2.60. The SMILES string of the molecule is Cc1cc(C(CN)Nc2ccc(Cl)cc2)ccc1Br. The van der Waals surface area contributed by atoms with Crippen molar-refractivity contribution in [2.24, 2.45) is 5.73 Å². The number of benzene rings is 2. The first-order valence-electron chi connectivity index (χ1n) is 6.08. The molecule has 19 heavy (non-hydrogen) atoms. The Kier molecular flexibility index (Phi) is 4.86. The molecule has 0 aliphatic carbocycles. The molecular formula is C15H16BrClN2. The number of nitrogens with one attached hydrogen (secondary N) is 1. The Balaban J connectivity index is 2.19. The summed E-state index contributed by atoms with van der Waals surface area (Å²) in [6.07, 6.45) is 0. The van der Waals surface area contributed by atoms with Gasteiger partial charge in [-0.15, -0.1) is 0 Å². The summed E-state index contributed by atoms with van der Waals surface area (Å²) < 4.78 is 1.11. The van der Waals surface area contributed by atoms with Crippen LogP contribution in [0.3, 0.4) is 0 Å². The summed E-state index contributed by atoms with van der Waals surface area (Å²) in [5, 5.41) is 4.15. The Hall–Kier alpha value is -1.03. The standard InChI is InChI=1S/C15H16BrClN2/c1-10-8-11(2-7-14(10)16)15(9-18)19-13-5-3-12(17)4-6-13/h2-8,15,19H,9,18H2,1H3. The van der Waals surface area contributed by atoms with Gasteiger partial charge in [-0.25, -0.2) is 0 Å². The smallest absolute Gasteiger partial charge is 0.0636 e. The predicted octanol–water partition coefficient (Wildman–Crippen LogP) is 4.52. The third kappa shape index (κ3) is 3.72. The summed E-state index contributed by atoms with van der Waals surface area (Å²) in [5.74, 6) is 0. The molecule has 0 spiro atoms. The maximum absolute atomic E-state index is 5.88. The van der Waals surface area contributed by atoms with E-state index in [1.54, 1.807) is 0 Å². The Bertz CT molecular complexity index is 555. The van der Waals surface area contributed by atoms with Crippen molar-refractivity contribution in [3.63, 3.8) is 0 Å². The Labute approximate surface area is 127 Å². The Morgan fingerprint density at radius 3 is 2.47 bits per heavy atom. The second kappa shape index (κ2) is 6.42. The van der Waals surface area contributed by atoms with Crippen molar-refractivity contribution in [2.45, 2.75) is 13.0 Å². The number of rotatable bonds is 4. The average Bonchev–Trinajstić information content (AvgIpc) is 2.41. The van der Waals surface area contributed by atoms with Crippen LogP contribution in [-0.2, 0) is 0 Å². The van der Waals surface area contributed by atoms with E-state index in [0.717, 1.165) is 15.2 Å². The molecule has 0 radical (unpaired) electrons. The van der Waals surface area contributed by atoms with E-state index in [1.165, 1.54) is 11.1 Å². The summed E-state index contributed by atoms with van der Waals surface area (Å²) in [7, 11) is 0. The van der Waals surface area contributed by atoms with Gasteiger partial charge in [0.15, 0.2) is 0 Å². The van der Waals surface area contributed by atoms with Crippen LogP contribution in [0.4, 0.5) is 5.69 Å². The van der Waals surface area contributed by atoms with Crippen molar-refractivity contribution in [1.82, 2.24) is 0 Å². The van der Waals surface area contributed by atoms with Crippen molar-refractivity contribution >= 4 is 33.2 Å². The molecule has 0 aliphatic heterocycles. The topological polar surface area (TPSA) is 38.0 Å². The summed E-state index contributed by atoms with van der Waals surface area (Å²) in [6, 6.07) is 14.0. The molecule has 0 heterocycles. The van der Waals surface area contributed by atoms with Crippen LogP contribution in [0.2, 0.25) is 5.02 Å². The van der Waals surface area contributed by atoms with Crippen LogP contribution in [0.15, 0.2) is 46.9 Å². The molecule has 0 bridgehead atoms. The van der Waals surface area contributed by atoms with E-state index >= 15 is 0 Å². The number of nitrogens with two attached hydrogens (primary N) is 1. The largest absolute Gasteiger partial charge is 0.377 e. The first kappa shape index (κ1) is 14.4. The van der Waals surface area contributed by atoms with Crippen LogP contribution < -0.4 is 11.1 Å². The summed E-state index contributed by atoms with van der Waals surface area (Å²) >= 11 is 9.39. The number of hydrogen-bond donors (Lipinski definition) is 2. The zero-order valence-corrected chi connectivity index (χ0v) is 13.0. The molecule has 0 saturated carbocycles. The van der Waals surface area contributed by atoms with E-state index in [2.05, 4.69) is 46.4 Å². The zero-order valence-electron chi connectivity index (χ0n) is 10.7. The van der Waals surface area contributed by atoms with E-state index in [0.29, 0.717) is 6.54 Å². The fourth-order valence-electron chi connectivity index (χ4n) is 1.91. The zero-order chi connectivity index (χ0) is 13.8. The van der Waals surface area contributed by atoms with Gasteiger partial charge >= 0.3 is 0 Å². The monoisotopic (exact) mass is 338 g/mol. The van der Waals surface area contributed by atoms with Gasteiger partial charge in [-0.3, -0.25) is 0 Å². The number of hydrogen-bond acceptors (Lipinski definition) is 2. The fourth-order valence-corrected chi connectivity index (χ4v) is 2.28. The van der Waals surface area contributed by atoms with Crippen molar-refractivity contribution in [3.05, 3.63) is 63.1 Å². The van der Waals surface area contributed by atoms with Gasteiger partial charge in [0.1, 0.15) is 0 Å². The highest BCUT2D eigenvalue weighted by atomic mass is 79.9. The van der Waals surface area contributed by atoms with E-state index in [9.17, 15) is 0 Å². The molecule has 2 aromatic carbocycles. The minimum Gasteiger partial charge on any atom is -0.377 e. The number of anilines is 1. The van der Waals surface area contributed by atoms with E-state index in [1.807, 2.05) is 24.3 Å². The van der Waals surface area contributed by atoms with Crippen LogP contribution in [0.25, 0.3) is 0 Å². The van der Waals surface area contributed by atoms with E-state index < -0.39 is 0 Å². The maximum atomic E-state index is 5.88. The van der Waals surface area contributed by atoms with Crippen molar-refractivity contribution in [2.75, 3.05) is 11.9 Å². The molecular weight excluding hydrogens is 324 g/mol. The third-order valence-electron chi connectivity index (χ3n) is 3.01. The van der Waals surface area contributed by atoms with Crippen LogP contribution >= 0.6 is 27.5 Å². The molecule has 0 aromatic heterocycles. The first-order chi connectivity index (χ1) is 9.10. The normalized spacial score (nSPS) is 12.2. The second-order valence-electron chi connectivity index (χ2n) is 4.45. The molecule has 0 saturated heterocycles. The molecule has 2 nitrogen and oxygen atoms in total. The molecule has 1 atom stereocenters. The Morgan fingerprint density at radius 2 is 1.89 bits per heavy atom. The Morgan fingerprint density at radius 1 is 1.21 bits per heavy atom. The van der Waals surface area contributed by atoms with Gasteiger partial charge in [0, 0.05) is 21.7 Å². The molecule has 3 N–H and O–H groups in total. The third-order valence-corrected chi connectivity index (χ3v) is 4.15. The van der Waals surface area contributed by atoms with Crippen molar-refractivity contribution in [3.8, 4) is 0 Å². The van der Waals surface area contributed by atoms with Gasteiger partial charge in [0.2, 0.25) is 0 Å². The number of aryl methyl sites for hydroxylation is 1. The molecule has 1 unspecified atom stereocenters. The molecule has 100 valence electrons. The highest BCUT2D eigenvalue weighted by Gasteiger charge is 2.10. The molecule has 4 heteroatoms.